The molecule has 0 heterocycles. The average Bonchev–Trinajstić information content (AvgIpc) is 2.40. The van der Waals surface area contributed by atoms with Crippen LogP contribution >= 0.6 is 0 Å². The first-order valence-corrected chi connectivity index (χ1v) is 9.71. The highest BCUT2D eigenvalue weighted by atomic mass is 32.2. The van der Waals surface area contributed by atoms with Crippen LogP contribution < -0.4 is 0 Å². The maximum absolute atomic E-state index is 12.7. The van der Waals surface area contributed by atoms with Gasteiger partial charge in [0.15, 0.2) is 0 Å². The van der Waals surface area contributed by atoms with Crippen LogP contribution in [0.4, 0.5) is 13.2 Å². The Morgan fingerprint density at radius 1 is 1.22 bits per heavy atom. The summed E-state index contributed by atoms with van der Waals surface area (Å²) in [6.45, 7) is -0.203. The van der Waals surface area contributed by atoms with Crippen LogP contribution in [0.2, 0.25) is 6.04 Å². The third-order valence-corrected chi connectivity index (χ3v) is 7.00. The zero-order valence-corrected chi connectivity index (χ0v) is 14.9. The van der Waals surface area contributed by atoms with Crippen molar-refractivity contribution in [2.45, 2.75) is 23.9 Å². The quantitative estimate of drug-likeness (QED) is 0.458. The van der Waals surface area contributed by atoms with Crippen LogP contribution in [0, 0.1) is 0 Å². The van der Waals surface area contributed by atoms with Gasteiger partial charge < -0.3 is 18.2 Å². The number of halogens is 3. The monoisotopic (exact) mass is 383 g/mol. The van der Waals surface area contributed by atoms with Gasteiger partial charge in [-0.15, -0.1) is 0 Å². The van der Waals surface area contributed by atoms with Gasteiger partial charge in [-0.3, -0.25) is 9.35 Å². The number of amides is 1. The van der Waals surface area contributed by atoms with Gasteiger partial charge in [0.1, 0.15) is 0 Å². The van der Waals surface area contributed by atoms with Crippen molar-refractivity contribution in [3.8, 4) is 0 Å². The minimum absolute atomic E-state index is 0.153. The number of nitrogens with zero attached hydrogens (tertiary/aromatic N) is 1. The van der Waals surface area contributed by atoms with Crippen molar-refractivity contribution in [3.63, 3.8) is 0 Å². The Bertz CT molecular complexity index is 487. The molecule has 0 aromatic rings. The molecule has 0 saturated heterocycles. The predicted molar refractivity (Wildman–Crippen MR) is 75.2 cm³/mol. The van der Waals surface area contributed by atoms with E-state index in [4.69, 9.17) is 17.8 Å². The van der Waals surface area contributed by atoms with Crippen LogP contribution in [0.1, 0.15) is 6.42 Å². The van der Waals surface area contributed by atoms with Crippen LogP contribution in [-0.2, 0) is 28.2 Å². The number of carbonyl (C=O) groups is 1. The van der Waals surface area contributed by atoms with E-state index in [9.17, 15) is 26.4 Å². The molecule has 0 spiro atoms. The Kier molecular flexibility index (Phi) is 8.12. The van der Waals surface area contributed by atoms with Crippen LogP contribution in [0.3, 0.4) is 0 Å². The maximum atomic E-state index is 12.7. The van der Waals surface area contributed by atoms with Gasteiger partial charge in [-0.25, -0.2) is 0 Å². The molecule has 23 heavy (non-hydrogen) atoms. The first kappa shape index (κ1) is 22.3. The topological polar surface area (TPSA) is 102 Å². The molecule has 13 heteroatoms. The summed E-state index contributed by atoms with van der Waals surface area (Å²) in [6, 6.07) is 0.205. The number of hydrogen-bond acceptors (Lipinski definition) is 6. The Labute approximate surface area is 133 Å². The molecule has 1 unspecified atom stereocenters. The number of alkyl halides is 3. The van der Waals surface area contributed by atoms with Gasteiger partial charge in [0, 0.05) is 41.0 Å². The van der Waals surface area contributed by atoms with Gasteiger partial charge in [0.2, 0.25) is 0 Å². The summed E-state index contributed by atoms with van der Waals surface area (Å²) in [5.74, 6) is -1.76. The van der Waals surface area contributed by atoms with Crippen molar-refractivity contribution in [3.05, 3.63) is 0 Å². The van der Waals surface area contributed by atoms with Crippen LogP contribution in [0.15, 0.2) is 0 Å². The molecule has 8 nitrogen and oxygen atoms in total. The van der Waals surface area contributed by atoms with Crippen molar-refractivity contribution in [2.24, 2.45) is 0 Å². The van der Waals surface area contributed by atoms with Crippen molar-refractivity contribution in [2.75, 3.05) is 34.9 Å². The second kappa shape index (κ2) is 8.39. The third kappa shape index (κ3) is 6.35. The second-order valence-corrected chi connectivity index (χ2v) is 9.19. The van der Waals surface area contributed by atoms with Crippen LogP contribution in [0.5, 0.6) is 0 Å². The Morgan fingerprint density at radius 3 is 1.96 bits per heavy atom. The predicted octanol–water partition coefficient (Wildman–Crippen LogP) is 0.532. The molecule has 0 aliphatic rings. The summed E-state index contributed by atoms with van der Waals surface area (Å²) in [6.07, 6.45) is -5.26. The van der Waals surface area contributed by atoms with Crippen molar-refractivity contribution < 1.29 is 44.2 Å². The Hall–Kier alpha value is -0.733. The molecule has 1 atom stereocenters. The molecule has 0 fully saturated rings. The highest BCUT2D eigenvalue weighted by molar-refractivity contribution is 7.87. The largest absolute Gasteiger partial charge is 0.500 e. The Balaban J connectivity index is 4.91. The molecular weight excluding hydrogens is 363 g/mol. The average molecular weight is 383 g/mol. The molecule has 1 N–H and O–H groups in total. The summed E-state index contributed by atoms with van der Waals surface area (Å²) < 4.78 is 83.6. The van der Waals surface area contributed by atoms with Crippen LogP contribution in [-0.4, -0.2) is 78.9 Å². The molecular formula is C10H20F3NO7SSi. The summed E-state index contributed by atoms with van der Waals surface area (Å²) in [7, 11) is -3.50. The van der Waals surface area contributed by atoms with E-state index >= 15 is 0 Å². The summed E-state index contributed by atoms with van der Waals surface area (Å²) >= 11 is 0. The summed E-state index contributed by atoms with van der Waals surface area (Å²) in [5, 5.41) is -3.51. The summed E-state index contributed by atoms with van der Waals surface area (Å²) in [5.41, 5.74) is 0. The lowest BCUT2D eigenvalue weighted by molar-refractivity contribution is -0.158. The highest BCUT2D eigenvalue weighted by Gasteiger charge is 2.54. The van der Waals surface area contributed by atoms with E-state index in [1.165, 1.54) is 21.3 Å². The SMILES string of the molecule is CO[Si](CCCN(C)C(=O)C(C(F)(F)F)S(=O)(=O)O)(OC)OC. The first-order valence-electron chi connectivity index (χ1n) is 6.28. The van der Waals surface area contributed by atoms with E-state index in [1.807, 2.05) is 0 Å². The molecule has 0 saturated carbocycles. The normalized spacial score (nSPS) is 14.6. The molecule has 0 radical (unpaired) electrons. The van der Waals surface area contributed by atoms with Gasteiger partial charge >= 0.3 is 15.0 Å². The molecule has 0 aliphatic heterocycles. The van der Waals surface area contributed by atoms with Crippen molar-refractivity contribution in [1.29, 1.82) is 0 Å². The molecule has 1 amide bonds. The van der Waals surface area contributed by atoms with E-state index in [1.54, 1.807) is 0 Å². The smallest absolute Gasteiger partial charge is 0.377 e. The van der Waals surface area contributed by atoms with E-state index in [-0.39, 0.29) is 19.0 Å². The zero-order chi connectivity index (χ0) is 18.5. The fourth-order valence-corrected chi connectivity index (χ4v) is 4.31. The lowest BCUT2D eigenvalue weighted by atomic mass is 10.3. The molecule has 138 valence electrons. The summed E-state index contributed by atoms with van der Waals surface area (Å²) in [4.78, 5) is 12.3. The minimum Gasteiger partial charge on any atom is -0.377 e. The van der Waals surface area contributed by atoms with E-state index in [0.717, 1.165) is 7.05 Å². The first-order chi connectivity index (χ1) is 10.3. The molecule has 0 rings (SSSR count). The van der Waals surface area contributed by atoms with Gasteiger partial charge in [-0.2, -0.15) is 21.6 Å². The number of carbonyl (C=O) groups excluding carboxylic acids is 1. The van der Waals surface area contributed by atoms with Crippen molar-refractivity contribution in [1.82, 2.24) is 4.90 Å². The van der Waals surface area contributed by atoms with Gasteiger partial charge in [0.25, 0.3) is 21.3 Å². The van der Waals surface area contributed by atoms with E-state index in [0.29, 0.717) is 4.90 Å². The zero-order valence-electron chi connectivity index (χ0n) is 13.1. The maximum Gasteiger partial charge on any atom is 0.500 e. The second-order valence-electron chi connectivity index (χ2n) is 4.60. The molecule has 0 aromatic heterocycles. The molecule has 0 aliphatic carbocycles. The number of hydrogen-bond donors (Lipinski definition) is 1. The lowest BCUT2D eigenvalue weighted by Gasteiger charge is -2.26. The Morgan fingerprint density at radius 2 is 1.65 bits per heavy atom. The lowest BCUT2D eigenvalue weighted by Crippen LogP contribution is -2.50. The third-order valence-electron chi connectivity index (χ3n) is 3.11. The highest BCUT2D eigenvalue weighted by Crippen LogP contribution is 2.27. The minimum atomic E-state index is -5.62. The fraction of sp³-hybridized carbons (Fsp3) is 0.900. The van der Waals surface area contributed by atoms with Gasteiger partial charge in [0.05, 0.1) is 0 Å². The van der Waals surface area contributed by atoms with Crippen molar-refractivity contribution >= 4 is 24.8 Å². The standard InChI is InChI=1S/C10H20F3NO7SSi/c1-14(6-5-7-23(19-2,20-3)21-4)9(15)8(10(11,12)13)22(16,17)18/h8H,5-7H2,1-4H3,(H,16,17,18). The molecule has 0 bridgehead atoms. The van der Waals surface area contributed by atoms with E-state index < -0.39 is 36.3 Å². The van der Waals surface area contributed by atoms with Crippen LogP contribution in [0.25, 0.3) is 0 Å². The fourth-order valence-electron chi connectivity index (χ4n) is 1.84. The van der Waals surface area contributed by atoms with E-state index in [2.05, 4.69) is 0 Å². The van der Waals surface area contributed by atoms with Gasteiger partial charge in [-0.05, 0) is 6.42 Å². The number of rotatable bonds is 9. The molecule has 0 aromatic carbocycles. The van der Waals surface area contributed by atoms with Gasteiger partial charge in [-0.1, -0.05) is 0 Å².